The molecule has 0 saturated heterocycles. The summed E-state index contributed by atoms with van der Waals surface area (Å²) in [4.78, 5) is 11.2. The highest BCUT2D eigenvalue weighted by Gasteiger charge is 2.28. The van der Waals surface area contributed by atoms with Gasteiger partial charge in [0.05, 0.1) is 0 Å². The first-order valence-electron chi connectivity index (χ1n) is 4.50. The van der Waals surface area contributed by atoms with Gasteiger partial charge in [-0.15, -0.1) is 6.58 Å². The van der Waals surface area contributed by atoms with Crippen molar-refractivity contribution in [1.29, 1.82) is 0 Å². The van der Waals surface area contributed by atoms with Crippen molar-refractivity contribution in [3.63, 3.8) is 0 Å². The van der Waals surface area contributed by atoms with Gasteiger partial charge < -0.3 is 16.2 Å². The maximum atomic E-state index is 11.2. The Hall–Kier alpha value is -0.870. The summed E-state index contributed by atoms with van der Waals surface area (Å²) >= 11 is 0. The van der Waals surface area contributed by atoms with E-state index in [1.807, 2.05) is 0 Å². The highest BCUT2D eigenvalue weighted by molar-refractivity contribution is 5.81. The van der Waals surface area contributed by atoms with Gasteiger partial charge in [-0.2, -0.15) is 0 Å². The molecule has 2 atom stereocenters. The van der Waals surface area contributed by atoms with Gasteiger partial charge in [0.1, 0.15) is 6.10 Å². The number of carbonyl (C=O) groups is 1. The first kappa shape index (κ1) is 10.2. The third kappa shape index (κ3) is 3.16. The third-order valence-corrected chi connectivity index (χ3v) is 2.04. The quantitative estimate of drug-likeness (QED) is 0.506. The molecule has 0 aromatic carbocycles. The standard InChI is InChI=1S/C9H16N2O2/c1-2-3-7(10)8(12)9(13)11-6-4-5-6/h2,6-8,12H,1,3-5,10H2,(H,11,13). The Kier molecular flexibility index (Phi) is 3.45. The average Bonchev–Trinajstić information content (AvgIpc) is 2.87. The monoisotopic (exact) mass is 184 g/mol. The van der Waals surface area contributed by atoms with Crippen LogP contribution in [0.1, 0.15) is 19.3 Å². The lowest BCUT2D eigenvalue weighted by molar-refractivity contribution is -0.130. The van der Waals surface area contributed by atoms with E-state index in [0.29, 0.717) is 6.42 Å². The Bertz CT molecular complexity index is 202. The van der Waals surface area contributed by atoms with Crippen LogP contribution in [0.25, 0.3) is 0 Å². The zero-order chi connectivity index (χ0) is 9.84. The Morgan fingerprint density at radius 3 is 2.85 bits per heavy atom. The van der Waals surface area contributed by atoms with E-state index in [-0.39, 0.29) is 11.9 Å². The molecule has 0 bridgehead atoms. The van der Waals surface area contributed by atoms with Gasteiger partial charge in [0.25, 0.3) is 5.91 Å². The molecule has 0 aliphatic heterocycles. The summed E-state index contributed by atoms with van der Waals surface area (Å²) in [5.41, 5.74) is 5.54. The molecule has 4 N–H and O–H groups in total. The highest BCUT2D eigenvalue weighted by atomic mass is 16.3. The van der Waals surface area contributed by atoms with Gasteiger partial charge in [-0.25, -0.2) is 0 Å². The molecule has 4 nitrogen and oxygen atoms in total. The van der Waals surface area contributed by atoms with Crippen LogP contribution < -0.4 is 11.1 Å². The van der Waals surface area contributed by atoms with Crippen LogP contribution in [0.5, 0.6) is 0 Å². The van der Waals surface area contributed by atoms with E-state index >= 15 is 0 Å². The zero-order valence-corrected chi connectivity index (χ0v) is 7.57. The Labute approximate surface area is 77.8 Å². The number of hydrogen-bond donors (Lipinski definition) is 3. The largest absolute Gasteiger partial charge is 0.382 e. The summed E-state index contributed by atoms with van der Waals surface area (Å²) in [6.45, 7) is 3.49. The van der Waals surface area contributed by atoms with Crippen LogP contribution in [0, 0.1) is 0 Å². The number of rotatable bonds is 5. The van der Waals surface area contributed by atoms with Crippen molar-refractivity contribution in [2.45, 2.75) is 37.5 Å². The minimum Gasteiger partial charge on any atom is -0.382 e. The van der Waals surface area contributed by atoms with Crippen molar-refractivity contribution >= 4 is 5.91 Å². The van der Waals surface area contributed by atoms with Crippen molar-refractivity contribution in [2.24, 2.45) is 5.73 Å². The Morgan fingerprint density at radius 1 is 1.77 bits per heavy atom. The SMILES string of the molecule is C=CCC(N)C(O)C(=O)NC1CC1. The fourth-order valence-corrected chi connectivity index (χ4v) is 1.03. The first-order valence-corrected chi connectivity index (χ1v) is 4.50. The van der Waals surface area contributed by atoms with Gasteiger partial charge in [0.2, 0.25) is 0 Å². The minimum atomic E-state index is -1.11. The molecule has 13 heavy (non-hydrogen) atoms. The van der Waals surface area contributed by atoms with Crippen molar-refractivity contribution in [2.75, 3.05) is 0 Å². The summed E-state index contributed by atoms with van der Waals surface area (Å²) in [6.07, 6.45) is 2.94. The number of hydrogen-bond acceptors (Lipinski definition) is 3. The number of nitrogens with one attached hydrogen (secondary N) is 1. The summed E-state index contributed by atoms with van der Waals surface area (Å²) < 4.78 is 0. The van der Waals surface area contributed by atoms with E-state index in [1.54, 1.807) is 6.08 Å². The molecule has 1 amide bonds. The molecular weight excluding hydrogens is 168 g/mol. The topological polar surface area (TPSA) is 75.3 Å². The molecule has 2 unspecified atom stereocenters. The molecule has 0 spiro atoms. The van der Waals surface area contributed by atoms with E-state index in [1.165, 1.54) is 0 Å². The van der Waals surface area contributed by atoms with Gasteiger partial charge in [-0.1, -0.05) is 6.08 Å². The lowest BCUT2D eigenvalue weighted by Gasteiger charge is -2.16. The van der Waals surface area contributed by atoms with Crippen LogP contribution in [-0.4, -0.2) is 29.2 Å². The lowest BCUT2D eigenvalue weighted by Crippen LogP contribution is -2.46. The highest BCUT2D eigenvalue weighted by Crippen LogP contribution is 2.18. The Balaban J connectivity index is 2.30. The minimum absolute atomic E-state index is 0.262. The van der Waals surface area contributed by atoms with Gasteiger partial charge in [0, 0.05) is 12.1 Å². The molecule has 74 valence electrons. The van der Waals surface area contributed by atoms with Crippen LogP contribution >= 0.6 is 0 Å². The van der Waals surface area contributed by atoms with E-state index in [2.05, 4.69) is 11.9 Å². The van der Waals surface area contributed by atoms with Gasteiger partial charge in [-0.3, -0.25) is 4.79 Å². The van der Waals surface area contributed by atoms with Crippen LogP contribution in [0.15, 0.2) is 12.7 Å². The van der Waals surface area contributed by atoms with E-state index in [4.69, 9.17) is 5.73 Å². The Morgan fingerprint density at radius 2 is 2.38 bits per heavy atom. The van der Waals surface area contributed by atoms with Crippen LogP contribution in [0.3, 0.4) is 0 Å². The molecule has 0 radical (unpaired) electrons. The van der Waals surface area contributed by atoms with Crippen LogP contribution in [0.2, 0.25) is 0 Å². The maximum absolute atomic E-state index is 11.2. The first-order chi connectivity index (χ1) is 6.15. The zero-order valence-electron chi connectivity index (χ0n) is 7.57. The summed E-state index contributed by atoms with van der Waals surface area (Å²) in [6, 6.07) is -0.283. The second-order valence-electron chi connectivity index (χ2n) is 3.42. The summed E-state index contributed by atoms with van der Waals surface area (Å²) in [5.74, 6) is -0.364. The maximum Gasteiger partial charge on any atom is 0.250 e. The summed E-state index contributed by atoms with van der Waals surface area (Å²) in [7, 11) is 0. The van der Waals surface area contributed by atoms with E-state index in [9.17, 15) is 9.90 Å². The molecule has 1 rings (SSSR count). The van der Waals surface area contributed by atoms with Crippen LogP contribution in [-0.2, 0) is 4.79 Å². The molecule has 1 fully saturated rings. The lowest BCUT2D eigenvalue weighted by atomic mass is 10.1. The average molecular weight is 184 g/mol. The van der Waals surface area contributed by atoms with Gasteiger partial charge >= 0.3 is 0 Å². The third-order valence-electron chi connectivity index (χ3n) is 2.04. The number of aliphatic hydroxyl groups excluding tert-OH is 1. The molecule has 0 heterocycles. The van der Waals surface area contributed by atoms with E-state index < -0.39 is 12.1 Å². The molecule has 0 aromatic rings. The normalized spacial score (nSPS) is 20.5. The fraction of sp³-hybridized carbons (Fsp3) is 0.667. The van der Waals surface area contributed by atoms with Crippen molar-refractivity contribution < 1.29 is 9.90 Å². The molecule has 1 aliphatic rings. The second kappa shape index (κ2) is 4.39. The van der Waals surface area contributed by atoms with Crippen molar-refractivity contribution in [3.05, 3.63) is 12.7 Å². The predicted molar refractivity (Wildman–Crippen MR) is 50.0 cm³/mol. The number of carbonyl (C=O) groups excluding carboxylic acids is 1. The van der Waals surface area contributed by atoms with Crippen molar-refractivity contribution in [3.8, 4) is 0 Å². The van der Waals surface area contributed by atoms with Crippen molar-refractivity contribution in [1.82, 2.24) is 5.32 Å². The summed E-state index contributed by atoms with van der Waals surface area (Å²) in [5, 5.41) is 12.1. The number of amides is 1. The predicted octanol–water partition coefficient (Wildman–Crippen LogP) is -0.471. The molecule has 0 aromatic heterocycles. The van der Waals surface area contributed by atoms with Gasteiger partial charge in [0.15, 0.2) is 0 Å². The molecular formula is C9H16N2O2. The van der Waals surface area contributed by atoms with Gasteiger partial charge in [-0.05, 0) is 19.3 Å². The van der Waals surface area contributed by atoms with Crippen LogP contribution in [0.4, 0.5) is 0 Å². The number of nitrogens with two attached hydrogens (primary N) is 1. The molecule has 1 saturated carbocycles. The smallest absolute Gasteiger partial charge is 0.250 e. The molecule has 1 aliphatic carbocycles. The second-order valence-corrected chi connectivity index (χ2v) is 3.42. The van der Waals surface area contributed by atoms with E-state index in [0.717, 1.165) is 12.8 Å². The fourth-order valence-electron chi connectivity index (χ4n) is 1.03. The molecule has 4 heteroatoms. The number of aliphatic hydroxyl groups is 1.